The lowest BCUT2D eigenvalue weighted by atomic mass is 10.2. The van der Waals surface area contributed by atoms with Crippen LogP contribution in [-0.4, -0.2) is 30.7 Å². The largest absolute Gasteiger partial charge is 0.368 e. The van der Waals surface area contributed by atoms with Crippen LogP contribution in [0.15, 0.2) is 41.1 Å². The second-order valence-corrected chi connectivity index (χ2v) is 7.23. The van der Waals surface area contributed by atoms with Crippen molar-refractivity contribution in [3.8, 4) is 11.4 Å². The number of para-hydroxylation sites is 1. The van der Waals surface area contributed by atoms with Gasteiger partial charge in [-0.25, -0.2) is 23.5 Å². The number of hydrogen-bond acceptors (Lipinski definition) is 6. The van der Waals surface area contributed by atoms with Crippen molar-refractivity contribution in [3.05, 3.63) is 41.1 Å². The van der Waals surface area contributed by atoms with Crippen molar-refractivity contribution < 1.29 is 8.42 Å². The number of hydrogen-bond donors (Lipinski definition) is 2. The number of rotatable bonds is 5. The highest BCUT2D eigenvalue weighted by Crippen LogP contribution is 2.25. The van der Waals surface area contributed by atoms with Crippen LogP contribution in [0.1, 0.15) is 0 Å². The molecule has 0 saturated carbocycles. The number of nitrogens with two attached hydrogens (primary N) is 1. The van der Waals surface area contributed by atoms with Crippen molar-refractivity contribution >= 4 is 38.1 Å². The first-order valence-corrected chi connectivity index (χ1v) is 9.22. The molecule has 0 unspecified atom stereocenters. The number of nitrogens with zero attached hydrogens (tertiary/aromatic N) is 2. The average molecular weight is 334 g/mol. The number of nitrogens with one attached hydrogen (secondary N) is 1. The van der Waals surface area contributed by atoms with E-state index in [2.05, 4.69) is 15.3 Å². The van der Waals surface area contributed by atoms with Crippen LogP contribution in [-0.2, 0) is 10.0 Å². The van der Waals surface area contributed by atoms with E-state index in [1.165, 1.54) is 0 Å². The minimum absolute atomic E-state index is 0.154. The van der Waals surface area contributed by atoms with E-state index in [0.717, 1.165) is 16.5 Å². The molecule has 3 N–H and O–H groups in total. The zero-order valence-corrected chi connectivity index (χ0v) is 13.2. The molecule has 114 valence electrons. The van der Waals surface area contributed by atoms with Gasteiger partial charge in [0.25, 0.3) is 0 Å². The van der Waals surface area contributed by atoms with Gasteiger partial charge in [-0.15, -0.1) is 0 Å². The van der Waals surface area contributed by atoms with Crippen LogP contribution in [0.25, 0.3) is 22.3 Å². The zero-order chi connectivity index (χ0) is 15.6. The maximum atomic E-state index is 11.0. The highest BCUT2D eigenvalue weighted by Gasteiger charge is 2.10. The van der Waals surface area contributed by atoms with Crippen molar-refractivity contribution in [1.82, 2.24) is 9.97 Å². The molecule has 2 aromatic heterocycles. The average Bonchev–Trinajstić information content (AvgIpc) is 3.00. The van der Waals surface area contributed by atoms with Crippen molar-refractivity contribution in [1.29, 1.82) is 0 Å². The van der Waals surface area contributed by atoms with Crippen LogP contribution in [0.5, 0.6) is 0 Å². The van der Waals surface area contributed by atoms with E-state index in [9.17, 15) is 8.42 Å². The monoisotopic (exact) mass is 334 g/mol. The molecule has 0 fully saturated rings. The first-order chi connectivity index (χ1) is 10.5. The topological polar surface area (TPSA) is 98.0 Å². The summed E-state index contributed by atoms with van der Waals surface area (Å²) in [6, 6.07) is 9.54. The molecule has 8 heteroatoms. The lowest BCUT2D eigenvalue weighted by Crippen LogP contribution is -2.22. The van der Waals surface area contributed by atoms with Crippen molar-refractivity contribution in [3.63, 3.8) is 0 Å². The number of primary sulfonamides is 1. The second kappa shape index (κ2) is 5.99. The van der Waals surface area contributed by atoms with Gasteiger partial charge in [0.2, 0.25) is 10.0 Å². The summed E-state index contributed by atoms with van der Waals surface area (Å²) in [7, 11) is -3.51. The summed E-state index contributed by atoms with van der Waals surface area (Å²) in [4.78, 5) is 9.06. The number of fused-ring (bicyclic) bond motifs is 1. The molecule has 6 nitrogen and oxygen atoms in total. The summed E-state index contributed by atoms with van der Waals surface area (Å²) in [5.74, 6) is 1.06. The Balaban J connectivity index is 1.99. The van der Waals surface area contributed by atoms with E-state index in [-0.39, 0.29) is 12.3 Å². The fraction of sp³-hybridized carbons (Fsp3) is 0.143. The molecule has 1 aromatic carbocycles. The van der Waals surface area contributed by atoms with Crippen molar-refractivity contribution in [2.45, 2.75) is 0 Å². The number of sulfonamides is 1. The van der Waals surface area contributed by atoms with Gasteiger partial charge in [0.1, 0.15) is 5.82 Å². The number of aromatic nitrogens is 2. The van der Waals surface area contributed by atoms with E-state index < -0.39 is 10.0 Å². The molecule has 0 saturated heterocycles. The van der Waals surface area contributed by atoms with E-state index in [1.54, 1.807) is 11.3 Å². The van der Waals surface area contributed by atoms with Crippen LogP contribution < -0.4 is 10.5 Å². The molecule has 2 heterocycles. The molecule has 0 aliphatic heterocycles. The zero-order valence-electron chi connectivity index (χ0n) is 11.6. The smallest absolute Gasteiger partial charge is 0.210 e. The Bertz CT molecular complexity index is 892. The van der Waals surface area contributed by atoms with Gasteiger partial charge in [-0.05, 0) is 23.6 Å². The molecule has 0 amide bonds. The summed E-state index contributed by atoms with van der Waals surface area (Å²) in [6.45, 7) is 0.197. The van der Waals surface area contributed by atoms with E-state index in [4.69, 9.17) is 5.14 Å². The quantitative estimate of drug-likeness (QED) is 0.744. The first-order valence-electron chi connectivity index (χ1n) is 6.57. The Kier molecular flexibility index (Phi) is 4.06. The minimum atomic E-state index is -3.51. The lowest BCUT2D eigenvalue weighted by Gasteiger charge is -2.10. The lowest BCUT2D eigenvalue weighted by molar-refractivity contribution is 0.598. The highest BCUT2D eigenvalue weighted by atomic mass is 32.2. The van der Waals surface area contributed by atoms with Crippen LogP contribution in [0.2, 0.25) is 0 Å². The molecular weight excluding hydrogens is 320 g/mol. The van der Waals surface area contributed by atoms with Gasteiger partial charge in [0.05, 0.1) is 11.3 Å². The van der Waals surface area contributed by atoms with Crippen LogP contribution >= 0.6 is 11.3 Å². The highest BCUT2D eigenvalue weighted by molar-refractivity contribution is 7.89. The summed E-state index contributed by atoms with van der Waals surface area (Å²) in [6.07, 6.45) is 0. The van der Waals surface area contributed by atoms with Crippen LogP contribution in [0, 0.1) is 0 Å². The molecule has 0 bridgehead atoms. The van der Waals surface area contributed by atoms with Crippen molar-refractivity contribution in [2.24, 2.45) is 5.14 Å². The number of thiophene rings is 1. The van der Waals surface area contributed by atoms with Gasteiger partial charge in [-0.2, -0.15) is 11.3 Å². The van der Waals surface area contributed by atoms with E-state index >= 15 is 0 Å². The third-order valence-electron chi connectivity index (χ3n) is 3.06. The summed E-state index contributed by atoms with van der Waals surface area (Å²) < 4.78 is 22.1. The predicted molar refractivity (Wildman–Crippen MR) is 89.3 cm³/mol. The predicted octanol–water partition coefficient (Wildman–Crippen LogP) is 2.06. The Labute approximate surface area is 132 Å². The Morgan fingerprint density at radius 2 is 2.00 bits per heavy atom. The van der Waals surface area contributed by atoms with Gasteiger partial charge in [-0.1, -0.05) is 12.1 Å². The third-order valence-corrected chi connectivity index (χ3v) is 4.52. The Morgan fingerprint density at radius 3 is 2.73 bits per heavy atom. The Morgan fingerprint density at radius 1 is 1.18 bits per heavy atom. The van der Waals surface area contributed by atoms with Gasteiger partial charge in [0.15, 0.2) is 5.82 Å². The normalized spacial score (nSPS) is 11.7. The molecule has 0 atom stereocenters. The SMILES string of the molecule is NS(=O)(=O)CCNc1nc(-c2ccsc2)nc2ccccc12. The molecule has 3 rings (SSSR count). The molecule has 3 aromatic rings. The molecule has 0 radical (unpaired) electrons. The van der Waals surface area contributed by atoms with Gasteiger partial charge >= 0.3 is 0 Å². The minimum Gasteiger partial charge on any atom is -0.368 e. The summed E-state index contributed by atoms with van der Waals surface area (Å²) >= 11 is 1.57. The Hall–Kier alpha value is -2.03. The number of anilines is 1. The molecule has 0 spiro atoms. The molecular formula is C14H14N4O2S2. The van der Waals surface area contributed by atoms with E-state index in [1.807, 2.05) is 41.1 Å². The molecule has 0 aliphatic rings. The van der Waals surface area contributed by atoms with Crippen LogP contribution in [0.4, 0.5) is 5.82 Å². The van der Waals surface area contributed by atoms with Gasteiger partial charge in [0, 0.05) is 22.9 Å². The second-order valence-electron chi connectivity index (χ2n) is 4.72. The number of benzene rings is 1. The standard InChI is InChI=1S/C14H14N4O2S2/c15-22(19,20)8-6-16-14-11-3-1-2-4-12(11)17-13(18-14)10-5-7-21-9-10/h1-5,7,9H,6,8H2,(H2,15,19,20)(H,16,17,18). The fourth-order valence-electron chi connectivity index (χ4n) is 2.04. The van der Waals surface area contributed by atoms with Crippen molar-refractivity contribution in [2.75, 3.05) is 17.6 Å². The third kappa shape index (κ3) is 3.41. The maximum Gasteiger partial charge on any atom is 0.210 e. The van der Waals surface area contributed by atoms with Gasteiger partial charge < -0.3 is 5.32 Å². The summed E-state index contributed by atoms with van der Waals surface area (Å²) in [5.41, 5.74) is 1.74. The summed E-state index contributed by atoms with van der Waals surface area (Å²) in [5, 5.41) is 12.8. The first kappa shape index (κ1) is 14.9. The fourth-order valence-corrected chi connectivity index (χ4v) is 3.06. The maximum absolute atomic E-state index is 11.0. The van der Waals surface area contributed by atoms with Crippen LogP contribution in [0.3, 0.4) is 0 Å². The molecule has 22 heavy (non-hydrogen) atoms. The van der Waals surface area contributed by atoms with Gasteiger partial charge in [-0.3, -0.25) is 0 Å². The van der Waals surface area contributed by atoms with E-state index in [0.29, 0.717) is 11.6 Å². The molecule has 0 aliphatic carbocycles.